The van der Waals surface area contributed by atoms with E-state index in [9.17, 15) is 5.11 Å². The number of hydrogen-bond donors (Lipinski definition) is 3. The van der Waals surface area contributed by atoms with E-state index in [4.69, 9.17) is 9.97 Å². The Hall–Kier alpha value is -4.60. The highest BCUT2D eigenvalue weighted by Crippen LogP contribution is 2.29. The zero-order chi connectivity index (χ0) is 20.9. The molecule has 6 heterocycles. The summed E-state index contributed by atoms with van der Waals surface area (Å²) in [6, 6.07) is 7.23. The van der Waals surface area contributed by atoms with Crippen LogP contribution in [0.3, 0.4) is 0 Å². The van der Waals surface area contributed by atoms with Gasteiger partial charge in [-0.15, -0.1) is 0 Å². The second-order valence-electron chi connectivity index (χ2n) is 7.14. The van der Waals surface area contributed by atoms with Crippen LogP contribution in [0.1, 0.15) is 5.69 Å². The highest BCUT2D eigenvalue weighted by atomic mass is 16.3. The summed E-state index contributed by atoms with van der Waals surface area (Å²) < 4.78 is 1.84. The largest absolute Gasteiger partial charge is 0.506 e. The predicted molar refractivity (Wildman–Crippen MR) is 114 cm³/mol. The minimum atomic E-state index is 0.0823. The van der Waals surface area contributed by atoms with Crippen LogP contribution in [0.2, 0.25) is 0 Å². The number of pyridine rings is 3. The fourth-order valence-electron chi connectivity index (χ4n) is 3.55. The monoisotopic (exact) mass is 409 g/mol. The molecule has 6 rings (SSSR count). The number of nitrogens with one attached hydrogen (secondary N) is 2. The van der Waals surface area contributed by atoms with E-state index in [0.717, 1.165) is 16.7 Å². The van der Waals surface area contributed by atoms with Crippen LogP contribution < -0.4 is 0 Å². The van der Waals surface area contributed by atoms with Crippen LogP contribution in [0, 0.1) is 6.92 Å². The number of hydrogen-bond acceptors (Lipinski definition) is 7. The summed E-state index contributed by atoms with van der Waals surface area (Å²) >= 11 is 0. The fourth-order valence-corrected chi connectivity index (χ4v) is 3.55. The molecule has 6 aromatic rings. The number of aryl methyl sites for hydroxylation is 1. The van der Waals surface area contributed by atoms with Gasteiger partial charge in [0.1, 0.15) is 23.1 Å². The fraction of sp³-hybridized carbons (Fsp3) is 0.0476. The highest BCUT2D eigenvalue weighted by molar-refractivity contribution is 5.92. The highest BCUT2D eigenvalue weighted by Gasteiger charge is 2.17. The third kappa shape index (κ3) is 2.81. The summed E-state index contributed by atoms with van der Waals surface area (Å²) in [6.45, 7) is 1.92. The standard InChI is InChI=1S/C21H15N9O/c1-11-9-30(10-24-11)21-18-15(4-5-23-21)26-20(27-18)19-17-16(28-29-19)3-2-14(25-17)12-6-13(31)8-22-7-12/h2-10,31H,1H3,(H,26,27)(H,28,29). The Morgan fingerprint density at radius 3 is 2.77 bits per heavy atom. The maximum atomic E-state index is 9.75. The van der Waals surface area contributed by atoms with E-state index >= 15 is 0 Å². The molecule has 6 aromatic heterocycles. The molecule has 0 saturated heterocycles. The summed E-state index contributed by atoms with van der Waals surface area (Å²) in [6.07, 6.45) is 8.37. The summed E-state index contributed by atoms with van der Waals surface area (Å²) in [5.74, 6) is 1.34. The summed E-state index contributed by atoms with van der Waals surface area (Å²) in [5, 5.41) is 17.2. The van der Waals surface area contributed by atoms with Gasteiger partial charge in [0.15, 0.2) is 17.3 Å². The summed E-state index contributed by atoms with van der Waals surface area (Å²) in [5.41, 5.74) is 5.84. The number of H-pyrrole nitrogens is 2. The lowest BCUT2D eigenvalue weighted by Gasteiger charge is -2.01. The molecule has 0 aliphatic rings. The molecule has 0 aliphatic heterocycles. The molecule has 0 aromatic carbocycles. The number of fused-ring (bicyclic) bond motifs is 2. The van der Waals surface area contributed by atoms with E-state index in [0.29, 0.717) is 39.6 Å². The van der Waals surface area contributed by atoms with Gasteiger partial charge in [-0.2, -0.15) is 5.10 Å². The van der Waals surface area contributed by atoms with Crippen molar-refractivity contribution >= 4 is 22.1 Å². The van der Waals surface area contributed by atoms with Crippen molar-refractivity contribution in [2.24, 2.45) is 0 Å². The Balaban J connectivity index is 1.51. The molecule has 10 heteroatoms. The quantitative estimate of drug-likeness (QED) is 0.409. The Morgan fingerprint density at radius 2 is 1.94 bits per heavy atom. The second kappa shape index (κ2) is 6.46. The van der Waals surface area contributed by atoms with Crippen molar-refractivity contribution in [3.63, 3.8) is 0 Å². The Kier molecular flexibility index (Phi) is 3.60. The van der Waals surface area contributed by atoms with E-state index < -0.39 is 0 Å². The maximum absolute atomic E-state index is 9.75. The summed E-state index contributed by atoms with van der Waals surface area (Å²) in [7, 11) is 0. The first-order valence-corrected chi connectivity index (χ1v) is 9.51. The molecule has 0 aliphatic carbocycles. The summed E-state index contributed by atoms with van der Waals surface area (Å²) in [4.78, 5) is 25.6. The molecule has 0 radical (unpaired) electrons. The van der Waals surface area contributed by atoms with Crippen molar-refractivity contribution in [3.05, 3.63) is 61.1 Å². The van der Waals surface area contributed by atoms with Crippen molar-refractivity contribution < 1.29 is 5.11 Å². The molecule has 3 N–H and O–H groups in total. The molecule has 31 heavy (non-hydrogen) atoms. The first kappa shape index (κ1) is 17.3. The number of rotatable bonds is 3. The molecule has 10 nitrogen and oxygen atoms in total. The van der Waals surface area contributed by atoms with Gasteiger partial charge in [0.2, 0.25) is 0 Å². The maximum Gasteiger partial charge on any atom is 0.166 e. The van der Waals surface area contributed by atoms with Crippen LogP contribution in [0.5, 0.6) is 5.75 Å². The first-order chi connectivity index (χ1) is 15.2. The average Bonchev–Trinajstić information content (AvgIpc) is 3.50. The molecular weight excluding hydrogens is 394 g/mol. The molecular formula is C21H15N9O. The number of imidazole rings is 2. The molecule has 0 unspecified atom stereocenters. The van der Waals surface area contributed by atoms with Crippen LogP contribution in [-0.2, 0) is 0 Å². The molecule has 0 bridgehead atoms. The molecule has 150 valence electrons. The van der Waals surface area contributed by atoms with Gasteiger partial charge >= 0.3 is 0 Å². The predicted octanol–water partition coefficient (Wildman–Crippen LogP) is 3.16. The smallest absolute Gasteiger partial charge is 0.166 e. The zero-order valence-electron chi connectivity index (χ0n) is 16.3. The van der Waals surface area contributed by atoms with Crippen LogP contribution in [-0.4, -0.2) is 49.8 Å². The van der Waals surface area contributed by atoms with Crippen LogP contribution >= 0.6 is 0 Å². The lowest BCUT2D eigenvalue weighted by Crippen LogP contribution is -1.95. The molecule has 0 saturated carbocycles. The third-order valence-corrected chi connectivity index (χ3v) is 4.99. The van der Waals surface area contributed by atoms with Crippen molar-refractivity contribution in [1.82, 2.24) is 44.7 Å². The van der Waals surface area contributed by atoms with Gasteiger partial charge in [-0.1, -0.05) is 0 Å². The van der Waals surface area contributed by atoms with E-state index in [2.05, 4.69) is 30.1 Å². The van der Waals surface area contributed by atoms with Gasteiger partial charge in [-0.3, -0.25) is 14.6 Å². The second-order valence-corrected chi connectivity index (χ2v) is 7.14. The van der Waals surface area contributed by atoms with Crippen molar-refractivity contribution in [3.8, 4) is 34.3 Å². The SMILES string of the molecule is Cc1cn(-c2nccc3[nH]c(-c4n[nH]c5ccc(-c6cncc(O)c6)nc45)nc23)cn1. The lowest BCUT2D eigenvalue weighted by atomic mass is 10.1. The van der Waals surface area contributed by atoms with Crippen LogP contribution in [0.4, 0.5) is 0 Å². The molecule has 0 fully saturated rings. The topological polar surface area (TPSA) is 134 Å². The number of aromatic amines is 2. The van der Waals surface area contributed by atoms with Crippen LogP contribution in [0.15, 0.2) is 55.4 Å². The minimum absolute atomic E-state index is 0.0823. The van der Waals surface area contributed by atoms with Crippen LogP contribution in [0.25, 0.3) is 50.7 Å². The van der Waals surface area contributed by atoms with Crippen molar-refractivity contribution in [1.29, 1.82) is 0 Å². The Labute approximate surface area is 174 Å². The Morgan fingerprint density at radius 1 is 1.00 bits per heavy atom. The zero-order valence-corrected chi connectivity index (χ0v) is 16.3. The minimum Gasteiger partial charge on any atom is -0.506 e. The van der Waals surface area contributed by atoms with Gasteiger partial charge in [0.25, 0.3) is 0 Å². The first-order valence-electron chi connectivity index (χ1n) is 9.51. The normalized spacial score (nSPS) is 11.5. The van der Waals surface area contributed by atoms with Gasteiger partial charge in [0, 0.05) is 24.2 Å². The van der Waals surface area contributed by atoms with Gasteiger partial charge in [-0.25, -0.2) is 19.9 Å². The molecule has 0 atom stereocenters. The van der Waals surface area contributed by atoms with Gasteiger partial charge in [-0.05, 0) is 31.2 Å². The van der Waals surface area contributed by atoms with E-state index in [1.807, 2.05) is 35.9 Å². The van der Waals surface area contributed by atoms with E-state index in [-0.39, 0.29) is 5.75 Å². The van der Waals surface area contributed by atoms with E-state index in [1.165, 1.54) is 6.20 Å². The number of aromatic hydroxyl groups is 1. The van der Waals surface area contributed by atoms with Gasteiger partial charge in [0.05, 0.1) is 28.6 Å². The molecule has 0 amide bonds. The Bertz CT molecular complexity index is 1580. The average molecular weight is 409 g/mol. The van der Waals surface area contributed by atoms with Crippen molar-refractivity contribution in [2.45, 2.75) is 6.92 Å². The van der Waals surface area contributed by atoms with E-state index in [1.54, 1.807) is 24.8 Å². The van der Waals surface area contributed by atoms with Crippen molar-refractivity contribution in [2.75, 3.05) is 0 Å². The third-order valence-electron chi connectivity index (χ3n) is 4.99. The number of aromatic nitrogens is 9. The molecule has 0 spiro atoms. The lowest BCUT2D eigenvalue weighted by molar-refractivity contribution is 0.473. The number of nitrogens with zero attached hydrogens (tertiary/aromatic N) is 7. The van der Waals surface area contributed by atoms with Gasteiger partial charge < -0.3 is 10.1 Å².